The summed E-state index contributed by atoms with van der Waals surface area (Å²) in [6, 6.07) is 9.78. The van der Waals surface area contributed by atoms with Crippen LogP contribution in [0, 0.1) is 24.7 Å². The quantitative estimate of drug-likeness (QED) is 0.325. The highest BCUT2D eigenvalue weighted by atomic mass is 79.9. The fraction of sp³-hybridized carbons (Fsp3) is 0.457. The third kappa shape index (κ3) is 6.28. The molecule has 43 heavy (non-hydrogen) atoms. The van der Waals surface area contributed by atoms with E-state index in [0.29, 0.717) is 34.1 Å². The normalized spacial score (nSPS) is 19.8. The lowest BCUT2D eigenvalue weighted by atomic mass is 9.63. The van der Waals surface area contributed by atoms with Crippen molar-refractivity contribution in [2.24, 2.45) is 10.8 Å². The Hall–Kier alpha value is -2.71. The van der Waals surface area contributed by atoms with Gasteiger partial charge in [0, 0.05) is 53.5 Å². The van der Waals surface area contributed by atoms with Gasteiger partial charge in [0.05, 0.1) is 8.95 Å². The van der Waals surface area contributed by atoms with Crippen LogP contribution in [-0.4, -0.2) is 35.5 Å². The molecule has 0 spiro atoms. The van der Waals surface area contributed by atoms with Crippen LogP contribution in [0.4, 0.5) is 5.69 Å². The number of Topliss-reactive ketones (excluding diaryl/α,β-unsaturated/α-hetero) is 2. The van der Waals surface area contributed by atoms with E-state index in [1.807, 2.05) is 44.2 Å². The maximum absolute atomic E-state index is 13.9. The second kappa shape index (κ2) is 11.7. The van der Waals surface area contributed by atoms with E-state index < -0.39 is 5.92 Å². The number of allylic oxidation sites excluding steroid dienone is 4. The fourth-order valence-electron chi connectivity index (χ4n) is 6.84. The zero-order valence-electron chi connectivity index (χ0n) is 26.0. The molecule has 1 heterocycles. The van der Waals surface area contributed by atoms with Crippen LogP contribution in [0.25, 0.3) is 0 Å². The fourth-order valence-corrected chi connectivity index (χ4v) is 8.29. The highest BCUT2D eigenvalue weighted by molar-refractivity contribution is 9.11. The summed E-state index contributed by atoms with van der Waals surface area (Å²) in [7, 11) is 0. The summed E-state index contributed by atoms with van der Waals surface area (Å²) < 4.78 is 7.28. The molecule has 2 aromatic rings. The van der Waals surface area contributed by atoms with Gasteiger partial charge in [-0.2, -0.15) is 0 Å². The Balaban J connectivity index is 1.52. The Morgan fingerprint density at radius 3 is 1.95 bits per heavy atom. The highest BCUT2D eigenvalue weighted by Gasteiger charge is 2.48. The van der Waals surface area contributed by atoms with Gasteiger partial charge in [0.15, 0.2) is 18.2 Å². The van der Waals surface area contributed by atoms with Gasteiger partial charge in [0.2, 0.25) is 0 Å². The van der Waals surface area contributed by atoms with Crippen molar-refractivity contribution in [3.8, 4) is 5.75 Å². The van der Waals surface area contributed by atoms with Gasteiger partial charge >= 0.3 is 0 Å². The molecule has 6 nitrogen and oxygen atoms in total. The molecule has 0 fully saturated rings. The van der Waals surface area contributed by atoms with Crippen LogP contribution in [0.2, 0.25) is 0 Å². The third-order valence-electron chi connectivity index (χ3n) is 8.71. The minimum atomic E-state index is -0.450. The number of amides is 1. The van der Waals surface area contributed by atoms with Gasteiger partial charge in [-0.3, -0.25) is 14.4 Å². The average Bonchev–Trinajstić information content (AvgIpc) is 2.87. The number of carbonyl (C=O) groups excluding carboxylic acids is 3. The Bertz CT molecular complexity index is 1520. The Kier molecular flexibility index (Phi) is 8.60. The van der Waals surface area contributed by atoms with Crippen LogP contribution in [0.3, 0.4) is 0 Å². The summed E-state index contributed by atoms with van der Waals surface area (Å²) in [4.78, 5) is 42.8. The molecule has 0 saturated heterocycles. The first-order chi connectivity index (χ1) is 20.1. The molecular formula is C35H40Br2N2O4. The molecule has 3 aliphatic rings. The van der Waals surface area contributed by atoms with Gasteiger partial charge < -0.3 is 15.0 Å². The molecular weight excluding hydrogens is 672 g/mol. The van der Waals surface area contributed by atoms with Crippen LogP contribution in [-0.2, 0) is 14.4 Å². The number of halogens is 2. The molecule has 228 valence electrons. The predicted octanol–water partition coefficient (Wildman–Crippen LogP) is 8.55. The zero-order valence-corrected chi connectivity index (χ0v) is 29.2. The van der Waals surface area contributed by atoms with E-state index in [-0.39, 0.29) is 34.9 Å². The van der Waals surface area contributed by atoms with E-state index in [4.69, 9.17) is 4.74 Å². The lowest BCUT2D eigenvalue weighted by molar-refractivity contribution is -0.120. The van der Waals surface area contributed by atoms with Crippen LogP contribution in [0.1, 0.15) is 82.9 Å². The van der Waals surface area contributed by atoms with Crippen molar-refractivity contribution < 1.29 is 19.1 Å². The number of aryl methyl sites for hydroxylation is 2. The lowest BCUT2D eigenvalue weighted by Crippen LogP contribution is -2.44. The molecule has 2 aliphatic carbocycles. The SMILES string of the molecule is CCN1C2=C(C(=O)CC(C)(C)C2)C(c2cc(Br)c(OCC(=O)Nc3cc(C)ccc3C)c(Br)c2)C2=C1CC(C)(C)CC2=O. The van der Waals surface area contributed by atoms with Crippen molar-refractivity contribution in [3.63, 3.8) is 0 Å². The molecule has 0 unspecified atom stereocenters. The number of ketones is 2. The average molecular weight is 713 g/mol. The number of nitrogens with one attached hydrogen (secondary N) is 1. The van der Waals surface area contributed by atoms with Gasteiger partial charge in [-0.05, 0) is 111 Å². The molecule has 0 atom stereocenters. The number of ether oxygens (including phenoxy) is 1. The van der Waals surface area contributed by atoms with Gasteiger partial charge in [-0.25, -0.2) is 0 Å². The number of rotatable bonds is 6. The Labute approximate surface area is 271 Å². The standard InChI is InChI=1S/C35H40Br2N2O4/c1-8-39-25-14-34(4,5)16-27(40)31(25)30(32-26(39)15-35(6,7)17-28(32)41)21-12-22(36)33(23(37)13-21)43-18-29(42)38-24-11-19(2)9-10-20(24)3/h9-13,30H,8,14-18H2,1-7H3,(H,38,42). The van der Waals surface area contributed by atoms with E-state index in [1.165, 1.54) is 0 Å². The number of hydrogen-bond acceptors (Lipinski definition) is 5. The smallest absolute Gasteiger partial charge is 0.262 e. The predicted molar refractivity (Wildman–Crippen MR) is 177 cm³/mol. The Morgan fingerprint density at radius 2 is 1.44 bits per heavy atom. The first kappa shape index (κ1) is 31.7. The lowest BCUT2D eigenvalue weighted by Gasteiger charge is -2.49. The summed E-state index contributed by atoms with van der Waals surface area (Å²) in [6.45, 7) is 15.1. The monoisotopic (exact) mass is 710 g/mol. The van der Waals surface area contributed by atoms with Crippen molar-refractivity contribution in [2.75, 3.05) is 18.5 Å². The molecule has 0 radical (unpaired) electrons. The summed E-state index contributed by atoms with van der Waals surface area (Å²) in [5.41, 5.74) is 6.92. The number of hydrogen-bond donors (Lipinski definition) is 1. The Morgan fingerprint density at radius 1 is 0.907 bits per heavy atom. The zero-order chi connectivity index (χ0) is 31.4. The van der Waals surface area contributed by atoms with Crippen LogP contribution < -0.4 is 10.1 Å². The van der Waals surface area contributed by atoms with Crippen molar-refractivity contribution in [2.45, 2.75) is 80.1 Å². The van der Waals surface area contributed by atoms with Crippen molar-refractivity contribution in [1.82, 2.24) is 4.90 Å². The van der Waals surface area contributed by atoms with E-state index in [9.17, 15) is 14.4 Å². The summed E-state index contributed by atoms with van der Waals surface area (Å²) in [6.07, 6.45) is 2.45. The molecule has 2 aromatic carbocycles. The van der Waals surface area contributed by atoms with Gasteiger partial charge in [-0.15, -0.1) is 0 Å². The molecule has 0 aromatic heterocycles. The van der Waals surface area contributed by atoms with E-state index in [1.54, 1.807) is 0 Å². The molecule has 1 aliphatic heterocycles. The second-order valence-corrected chi connectivity index (χ2v) is 15.5. The summed E-state index contributed by atoms with van der Waals surface area (Å²) in [5, 5.41) is 2.93. The topological polar surface area (TPSA) is 75.7 Å². The number of benzene rings is 2. The van der Waals surface area contributed by atoms with Crippen molar-refractivity contribution in [3.05, 3.63) is 78.5 Å². The first-order valence-corrected chi connectivity index (χ1v) is 16.5. The first-order valence-electron chi connectivity index (χ1n) is 14.9. The highest BCUT2D eigenvalue weighted by Crippen LogP contribution is 2.55. The molecule has 1 N–H and O–H groups in total. The van der Waals surface area contributed by atoms with E-state index >= 15 is 0 Å². The number of anilines is 1. The minimum Gasteiger partial charge on any atom is -0.481 e. The number of nitrogens with zero attached hydrogens (tertiary/aromatic N) is 1. The summed E-state index contributed by atoms with van der Waals surface area (Å²) >= 11 is 7.34. The maximum Gasteiger partial charge on any atom is 0.262 e. The van der Waals surface area contributed by atoms with Crippen LogP contribution in [0.15, 0.2) is 61.8 Å². The van der Waals surface area contributed by atoms with Crippen LogP contribution >= 0.6 is 31.9 Å². The van der Waals surface area contributed by atoms with Crippen molar-refractivity contribution >= 4 is 55.0 Å². The maximum atomic E-state index is 13.9. The van der Waals surface area contributed by atoms with E-state index in [0.717, 1.165) is 57.8 Å². The van der Waals surface area contributed by atoms with Crippen LogP contribution in [0.5, 0.6) is 5.75 Å². The largest absolute Gasteiger partial charge is 0.481 e. The molecule has 0 saturated carbocycles. The minimum absolute atomic E-state index is 0.106. The van der Waals surface area contributed by atoms with Gasteiger partial charge in [0.1, 0.15) is 5.75 Å². The molecule has 8 heteroatoms. The molecule has 5 rings (SSSR count). The number of carbonyl (C=O) groups is 3. The van der Waals surface area contributed by atoms with E-state index in [2.05, 4.69) is 76.7 Å². The molecule has 1 amide bonds. The van der Waals surface area contributed by atoms with Crippen molar-refractivity contribution in [1.29, 1.82) is 0 Å². The van der Waals surface area contributed by atoms with Gasteiger partial charge in [-0.1, -0.05) is 39.8 Å². The summed E-state index contributed by atoms with van der Waals surface area (Å²) in [5.74, 6) is -0.0150. The molecule has 0 bridgehead atoms. The van der Waals surface area contributed by atoms with Gasteiger partial charge in [0.25, 0.3) is 5.91 Å². The second-order valence-electron chi connectivity index (χ2n) is 13.7. The third-order valence-corrected chi connectivity index (χ3v) is 9.88.